The second kappa shape index (κ2) is 4.06. The molecule has 1 aromatic carbocycles. The van der Waals surface area contributed by atoms with Gasteiger partial charge >= 0.3 is 0 Å². The number of nitrogens with two attached hydrogens (primary N) is 1. The maximum atomic E-state index is 12.3. The number of anilines is 1. The fourth-order valence-corrected chi connectivity index (χ4v) is 2.24. The Hall–Kier alpha value is -1.51. The molecule has 17 heavy (non-hydrogen) atoms. The molecule has 0 bridgehead atoms. The Bertz CT molecular complexity index is 452. The van der Waals surface area contributed by atoms with Crippen LogP contribution >= 0.6 is 0 Å². The van der Waals surface area contributed by atoms with Gasteiger partial charge in [-0.05, 0) is 36.5 Å². The van der Waals surface area contributed by atoms with E-state index in [1.165, 1.54) is 0 Å². The predicted octanol–water partition coefficient (Wildman–Crippen LogP) is 2.45. The van der Waals surface area contributed by atoms with E-state index in [1.807, 2.05) is 24.0 Å². The quantitative estimate of drug-likeness (QED) is 0.756. The molecule has 92 valence electrons. The Morgan fingerprint density at radius 1 is 1.41 bits per heavy atom. The molecule has 3 nitrogen and oxygen atoms in total. The van der Waals surface area contributed by atoms with Gasteiger partial charge in [-0.1, -0.05) is 19.9 Å². The average Bonchev–Trinajstić information content (AvgIpc) is 2.62. The SMILES string of the molecule is Cc1ccc(C(=O)N2CCC(C)(C)C2)cc1N. The van der Waals surface area contributed by atoms with Gasteiger partial charge < -0.3 is 10.6 Å². The molecule has 3 heteroatoms. The Balaban J connectivity index is 2.18. The van der Waals surface area contributed by atoms with Crippen LogP contribution in [-0.4, -0.2) is 23.9 Å². The number of nitrogens with zero attached hydrogens (tertiary/aromatic N) is 1. The normalized spacial score (nSPS) is 18.4. The van der Waals surface area contributed by atoms with Crippen LogP contribution in [0.1, 0.15) is 36.2 Å². The maximum absolute atomic E-state index is 12.3. The molecule has 1 fully saturated rings. The van der Waals surface area contributed by atoms with Gasteiger partial charge in [0.05, 0.1) is 0 Å². The van der Waals surface area contributed by atoms with Gasteiger partial charge in [-0.15, -0.1) is 0 Å². The van der Waals surface area contributed by atoms with Crippen molar-refractivity contribution in [2.45, 2.75) is 27.2 Å². The molecule has 1 amide bonds. The first-order valence-corrected chi connectivity index (χ1v) is 6.04. The smallest absolute Gasteiger partial charge is 0.253 e. The van der Waals surface area contributed by atoms with Crippen molar-refractivity contribution in [1.29, 1.82) is 0 Å². The van der Waals surface area contributed by atoms with E-state index in [0.717, 1.165) is 25.1 Å². The number of carbonyl (C=O) groups is 1. The number of likely N-dealkylation sites (tertiary alicyclic amines) is 1. The lowest BCUT2D eigenvalue weighted by atomic mass is 9.93. The standard InChI is InChI=1S/C14H20N2O/c1-10-4-5-11(8-12(10)15)13(17)16-7-6-14(2,3)9-16/h4-5,8H,6-7,9,15H2,1-3H3. The topological polar surface area (TPSA) is 46.3 Å². The Morgan fingerprint density at radius 2 is 2.12 bits per heavy atom. The zero-order valence-electron chi connectivity index (χ0n) is 10.8. The highest BCUT2D eigenvalue weighted by Gasteiger charge is 2.32. The van der Waals surface area contributed by atoms with Gasteiger partial charge in [-0.3, -0.25) is 4.79 Å². The van der Waals surface area contributed by atoms with E-state index in [4.69, 9.17) is 5.73 Å². The molecule has 0 aliphatic carbocycles. The highest BCUT2D eigenvalue weighted by molar-refractivity contribution is 5.95. The summed E-state index contributed by atoms with van der Waals surface area (Å²) in [6.07, 6.45) is 1.07. The van der Waals surface area contributed by atoms with Gasteiger partial charge in [0.2, 0.25) is 0 Å². The van der Waals surface area contributed by atoms with Gasteiger partial charge in [0.25, 0.3) is 5.91 Å². The minimum atomic E-state index is 0.0993. The summed E-state index contributed by atoms with van der Waals surface area (Å²) in [5.41, 5.74) is 8.49. The molecule has 0 saturated carbocycles. The van der Waals surface area contributed by atoms with Crippen LogP contribution in [0.5, 0.6) is 0 Å². The number of nitrogen functional groups attached to an aromatic ring is 1. The van der Waals surface area contributed by atoms with E-state index in [-0.39, 0.29) is 11.3 Å². The van der Waals surface area contributed by atoms with Crippen LogP contribution < -0.4 is 5.73 Å². The molecule has 0 radical (unpaired) electrons. The third-order valence-corrected chi connectivity index (χ3v) is 3.49. The number of aryl methyl sites for hydroxylation is 1. The van der Waals surface area contributed by atoms with Crippen molar-refractivity contribution in [3.8, 4) is 0 Å². The molecule has 0 unspecified atom stereocenters. The zero-order chi connectivity index (χ0) is 12.6. The van der Waals surface area contributed by atoms with Gasteiger partial charge in [0.15, 0.2) is 0 Å². The molecular formula is C14H20N2O. The number of rotatable bonds is 1. The van der Waals surface area contributed by atoms with Gasteiger partial charge in [-0.25, -0.2) is 0 Å². The van der Waals surface area contributed by atoms with Crippen LogP contribution in [0.4, 0.5) is 5.69 Å². The highest BCUT2D eigenvalue weighted by atomic mass is 16.2. The van der Waals surface area contributed by atoms with E-state index >= 15 is 0 Å². The number of amides is 1. The summed E-state index contributed by atoms with van der Waals surface area (Å²) in [6.45, 7) is 8.02. The first-order chi connectivity index (χ1) is 7.89. The Kier molecular flexibility index (Phi) is 2.86. The lowest BCUT2D eigenvalue weighted by Gasteiger charge is -2.20. The summed E-state index contributed by atoms with van der Waals surface area (Å²) in [4.78, 5) is 14.2. The largest absolute Gasteiger partial charge is 0.398 e. The minimum absolute atomic E-state index is 0.0993. The third kappa shape index (κ3) is 2.43. The van der Waals surface area contributed by atoms with Crippen LogP contribution in [0, 0.1) is 12.3 Å². The molecule has 1 aliphatic rings. The molecule has 2 rings (SSSR count). The summed E-state index contributed by atoms with van der Waals surface area (Å²) in [7, 11) is 0. The molecule has 1 aromatic rings. The lowest BCUT2D eigenvalue weighted by Crippen LogP contribution is -2.30. The Morgan fingerprint density at radius 3 is 2.65 bits per heavy atom. The Labute approximate surface area is 103 Å². The van der Waals surface area contributed by atoms with Gasteiger partial charge in [0.1, 0.15) is 0 Å². The molecular weight excluding hydrogens is 212 g/mol. The highest BCUT2D eigenvalue weighted by Crippen LogP contribution is 2.30. The van der Waals surface area contributed by atoms with Crippen LogP contribution in [0.3, 0.4) is 0 Å². The van der Waals surface area contributed by atoms with E-state index in [1.54, 1.807) is 6.07 Å². The molecule has 0 aromatic heterocycles. The van der Waals surface area contributed by atoms with Crippen LogP contribution in [-0.2, 0) is 0 Å². The first kappa shape index (κ1) is 12.0. The molecule has 1 saturated heterocycles. The summed E-state index contributed by atoms with van der Waals surface area (Å²) >= 11 is 0. The van der Waals surface area contributed by atoms with Crippen LogP contribution in [0.25, 0.3) is 0 Å². The number of hydrogen-bond donors (Lipinski definition) is 1. The van der Waals surface area contributed by atoms with E-state index in [9.17, 15) is 4.79 Å². The number of benzene rings is 1. The molecule has 1 aliphatic heterocycles. The third-order valence-electron chi connectivity index (χ3n) is 3.49. The number of carbonyl (C=O) groups excluding carboxylic acids is 1. The van der Waals surface area contributed by atoms with E-state index in [0.29, 0.717) is 11.3 Å². The van der Waals surface area contributed by atoms with Crippen molar-refractivity contribution in [3.05, 3.63) is 29.3 Å². The van der Waals surface area contributed by atoms with E-state index in [2.05, 4.69) is 13.8 Å². The van der Waals surface area contributed by atoms with Crippen molar-refractivity contribution in [2.24, 2.45) is 5.41 Å². The first-order valence-electron chi connectivity index (χ1n) is 6.04. The van der Waals surface area contributed by atoms with Gasteiger partial charge in [-0.2, -0.15) is 0 Å². The second-order valence-corrected chi connectivity index (χ2v) is 5.71. The van der Waals surface area contributed by atoms with Crippen molar-refractivity contribution in [1.82, 2.24) is 4.90 Å². The summed E-state index contributed by atoms with van der Waals surface area (Å²) in [5.74, 6) is 0.0993. The minimum Gasteiger partial charge on any atom is -0.398 e. The zero-order valence-corrected chi connectivity index (χ0v) is 10.8. The van der Waals surface area contributed by atoms with Gasteiger partial charge in [0, 0.05) is 24.3 Å². The van der Waals surface area contributed by atoms with Crippen molar-refractivity contribution in [3.63, 3.8) is 0 Å². The number of hydrogen-bond acceptors (Lipinski definition) is 2. The second-order valence-electron chi connectivity index (χ2n) is 5.71. The van der Waals surface area contributed by atoms with Crippen molar-refractivity contribution < 1.29 is 4.79 Å². The van der Waals surface area contributed by atoms with Crippen LogP contribution in [0.15, 0.2) is 18.2 Å². The molecule has 0 atom stereocenters. The molecule has 2 N–H and O–H groups in total. The maximum Gasteiger partial charge on any atom is 0.253 e. The van der Waals surface area contributed by atoms with Crippen molar-refractivity contribution >= 4 is 11.6 Å². The fraction of sp³-hybridized carbons (Fsp3) is 0.500. The van der Waals surface area contributed by atoms with Crippen molar-refractivity contribution in [2.75, 3.05) is 18.8 Å². The van der Waals surface area contributed by atoms with Crippen LogP contribution in [0.2, 0.25) is 0 Å². The fourth-order valence-electron chi connectivity index (χ4n) is 2.24. The van der Waals surface area contributed by atoms with E-state index < -0.39 is 0 Å². The summed E-state index contributed by atoms with van der Waals surface area (Å²) in [5, 5.41) is 0. The summed E-state index contributed by atoms with van der Waals surface area (Å²) < 4.78 is 0. The summed E-state index contributed by atoms with van der Waals surface area (Å²) in [6, 6.07) is 5.55. The predicted molar refractivity (Wildman–Crippen MR) is 69.9 cm³/mol. The molecule has 0 spiro atoms. The monoisotopic (exact) mass is 232 g/mol. The lowest BCUT2D eigenvalue weighted by molar-refractivity contribution is 0.0778. The average molecular weight is 232 g/mol. The molecule has 1 heterocycles.